The summed E-state index contributed by atoms with van der Waals surface area (Å²) in [6.45, 7) is 2.09. The molecule has 0 unspecified atom stereocenters. The van der Waals surface area contributed by atoms with E-state index in [1.54, 1.807) is 0 Å². The first-order chi connectivity index (χ1) is 3.27. The van der Waals surface area contributed by atoms with Crippen molar-refractivity contribution in [1.82, 2.24) is 0 Å². The summed E-state index contributed by atoms with van der Waals surface area (Å²) in [5, 5.41) is 0. The molecule has 0 saturated heterocycles. The standard InChI is InChI=1S/C4H8B2O/c1-4(2-3-4)7-6-5/h5H,2-3H2,1H3. The first-order valence-corrected chi connectivity index (χ1v) is 2.56. The van der Waals surface area contributed by atoms with Crippen molar-refractivity contribution in [3.8, 4) is 0 Å². The van der Waals surface area contributed by atoms with Crippen LogP contribution in [0.25, 0.3) is 0 Å². The van der Waals surface area contributed by atoms with Crippen molar-refractivity contribution in [2.24, 2.45) is 0 Å². The molecule has 1 rings (SSSR count). The normalized spacial score (nSPS) is 22.9. The number of hydrogen-bond donors (Lipinski definition) is 0. The van der Waals surface area contributed by atoms with Crippen molar-refractivity contribution in [2.45, 2.75) is 25.4 Å². The van der Waals surface area contributed by atoms with Crippen LogP contribution in [0, 0.1) is 0 Å². The van der Waals surface area contributed by atoms with Gasteiger partial charge in [-0.05, 0) is 0 Å². The zero-order valence-corrected chi connectivity index (χ0v) is 4.61. The molecule has 0 spiro atoms. The van der Waals surface area contributed by atoms with Gasteiger partial charge in [-0.1, -0.05) is 0 Å². The molecule has 36 valence electrons. The summed E-state index contributed by atoms with van der Waals surface area (Å²) in [4.78, 5) is 0. The SMILES string of the molecule is B=BOC1(C)CC1. The zero-order valence-electron chi connectivity index (χ0n) is 4.61. The van der Waals surface area contributed by atoms with Crippen molar-refractivity contribution in [3.63, 3.8) is 0 Å². The quantitative estimate of drug-likeness (QED) is 0.437. The molecule has 0 heterocycles. The fourth-order valence-electron chi connectivity index (χ4n) is 0.495. The van der Waals surface area contributed by atoms with Crippen LogP contribution in [0.15, 0.2) is 0 Å². The molecule has 0 aromatic heterocycles. The second-order valence-corrected chi connectivity index (χ2v) is 2.23. The summed E-state index contributed by atoms with van der Waals surface area (Å²) >= 11 is 0. The Labute approximate surface area is 45.4 Å². The monoisotopic (exact) mass is 94.1 g/mol. The van der Waals surface area contributed by atoms with Crippen LogP contribution >= 0.6 is 0 Å². The average molecular weight is 93.7 g/mol. The van der Waals surface area contributed by atoms with Gasteiger partial charge in [0.15, 0.2) is 0 Å². The molecule has 0 amide bonds. The van der Waals surface area contributed by atoms with Gasteiger partial charge in [-0.15, -0.1) is 0 Å². The van der Waals surface area contributed by atoms with Crippen LogP contribution in [0.2, 0.25) is 0 Å². The van der Waals surface area contributed by atoms with E-state index in [0.717, 1.165) is 0 Å². The third kappa shape index (κ3) is 1.15. The predicted octanol–water partition coefficient (Wildman–Crippen LogP) is -0.00950. The molecule has 0 atom stereocenters. The van der Waals surface area contributed by atoms with Crippen molar-refractivity contribution in [1.29, 1.82) is 0 Å². The molecular weight excluding hydrogens is 85.7 g/mol. The first-order valence-electron chi connectivity index (χ1n) is 2.56. The Morgan fingerprint density at radius 2 is 2.29 bits per heavy atom. The zero-order chi connectivity index (χ0) is 5.33. The van der Waals surface area contributed by atoms with Crippen LogP contribution in [-0.2, 0) is 4.65 Å². The molecule has 7 heavy (non-hydrogen) atoms. The summed E-state index contributed by atoms with van der Waals surface area (Å²) < 4.78 is 5.10. The molecule has 1 fully saturated rings. The summed E-state index contributed by atoms with van der Waals surface area (Å²) in [6, 6.07) is 0. The fourth-order valence-corrected chi connectivity index (χ4v) is 0.495. The van der Waals surface area contributed by atoms with E-state index < -0.39 is 0 Å². The van der Waals surface area contributed by atoms with Crippen molar-refractivity contribution < 1.29 is 4.65 Å². The Kier molecular flexibility index (Phi) is 1.06. The molecule has 0 aromatic carbocycles. The number of rotatable bonds is 2. The Balaban J connectivity index is 2.25. The van der Waals surface area contributed by atoms with E-state index in [4.69, 9.17) is 4.65 Å². The molecule has 1 nitrogen and oxygen atoms in total. The number of hydrogen-bond acceptors (Lipinski definition) is 1. The van der Waals surface area contributed by atoms with Crippen LogP contribution in [-0.4, -0.2) is 20.0 Å². The van der Waals surface area contributed by atoms with E-state index >= 15 is 0 Å². The second-order valence-electron chi connectivity index (χ2n) is 2.23. The minimum atomic E-state index is 0.182. The Bertz CT molecular complexity index is 87.7. The maximum absolute atomic E-state index is 5.10. The van der Waals surface area contributed by atoms with E-state index in [0.29, 0.717) is 0 Å². The molecule has 3 heteroatoms. The van der Waals surface area contributed by atoms with Crippen molar-refractivity contribution >= 4 is 14.4 Å². The van der Waals surface area contributed by atoms with Gasteiger partial charge in [0, 0.05) is 0 Å². The molecule has 0 aliphatic heterocycles. The molecule has 1 saturated carbocycles. The van der Waals surface area contributed by atoms with Gasteiger partial charge in [-0.3, -0.25) is 0 Å². The summed E-state index contributed by atoms with van der Waals surface area (Å²) in [5.74, 6) is 0. The Morgan fingerprint density at radius 3 is 2.43 bits per heavy atom. The third-order valence-electron chi connectivity index (χ3n) is 1.32. The molecular formula is C4H8B2O. The van der Waals surface area contributed by atoms with E-state index in [1.807, 2.05) is 0 Å². The molecule has 0 radical (unpaired) electrons. The Hall–Kier alpha value is -0.0701. The van der Waals surface area contributed by atoms with Crippen LogP contribution in [0.1, 0.15) is 19.8 Å². The van der Waals surface area contributed by atoms with Gasteiger partial charge in [0.05, 0.1) is 0 Å². The van der Waals surface area contributed by atoms with Crippen LogP contribution < -0.4 is 0 Å². The summed E-state index contributed by atoms with van der Waals surface area (Å²) in [5.41, 5.74) is 0.182. The molecule has 1 aliphatic rings. The van der Waals surface area contributed by atoms with E-state index in [2.05, 4.69) is 14.3 Å². The first kappa shape index (κ1) is 5.07. The van der Waals surface area contributed by atoms with Gasteiger partial charge in [0.2, 0.25) is 0 Å². The minimum absolute atomic E-state index is 0.182. The molecule has 0 aromatic rings. The summed E-state index contributed by atoms with van der Waals surface area (Å²) in [7, 11) is 4.98. The second kappa shape index (κ2) is 1.46. The summed E-state index contributed by atoms with van der Waals surface area (Å²) in [6.07, 6.45) is 2.39. The third-order valence-corrected chi connectivity index (χ3v) is 1.32. The Morgan fingerprint density at radius 1 is 1.71 bits per heavy atom. The predicted molar refractivity (Wildman–Crippen MR) is 31.6 cm³/mol. The van der Waals surface area contributed by atoms with Gasteiger partial charge >= 0.3 is 44.4 Å². The van der Waals surface area contributed by atoms with Crippen molar-refractivity contribution in [2.75, 3.05) is 0 Å². The maximum atomic E-state index is 5.10. The van der Waals surface area contributed by atoms with Crippen molar-refractivity contribution in [3.05, 3.63) is 0 Å². The van der Waals surface area contributed by atoms with Gasteiger partial charge in [0.25, 0.3) is 0 Å². The van der Waals surface area contributed by atoms with Gasteiger partial charge in [0.1, 0.15) is 0 Å². The van der Waals surface area contributed by atoms with Gasteiger partial charge < -0.3 is 0 Å². The van der Waals surface area contributed by atoms with Gasteiger partial charge in [-0.2, -0.15) is 0 Å². The van der Waals surface area contributed by atoms with E-state index in [9.17, 15) is 0 Å². The fraction of sp³-hybridized carbons (Fsp3) is 1.00. The van der Waals surface area contributed by atoms with E-state index in [-0.39, 0.29) is 5.60 Å². The van der Waals surface area contributed by atoms with Crippen LogP contribution in [0.5, 0.6) is 0 Å². The van der Waals surface area contributed by atoms with E-state index in [1.165, 1.54) is 19.8 Å². The molecule has 0 bridgehead atoms. The van der Waals surface area contributed by atoms with Crippen LogP contribution in [0.4, 0.5) is 0 Å². The molecule has 0 N–H and O–H groups in total. The average Bonchev–Trinajstić information content (AvgIpc) is 2.22. The topological polar surface area (TPSA) is 9.23 Å². The van der Waals surface area contributed by atoms with Gasteiger partial charge in [-0.25, -0.2) is 0 Å². The molecule has 1 aliphatic carbocycles. The van der Waals surface area contributed by atoms with Crippen LogP contribution in [0.3, 0.4) is 0 Å².